The molecular formula is C13H21FN2. The van der Waals surface area contributed by atoms with Crippen LogP contribution in [0.2, 0.25) is 0 Å². The number of benzene rings is 1. The van der Waals surface area contributed by atoms with Gasteiger partial charge in [-0.2, -0.15) is 0 Å². The van der Waals surface area contributed by atoms with Crippen LogP contribution in [-0.2, 0) is 0 Å². The predicted octanol–water partition coefficient (Wildman–Crippen LogP) is 2.64. The van der Waals surface area contributed by atoms with E-state index >= 15 is 0 Å². The topological polar surface area (TPSA) is 29.3 Å². The van der Waals surface area contributed by atoms with Gasteiger partial charge in [-0.05, 0) is 31.0 Å². The molecule has 0 aliphatic carbocycles. The van der Waals surface area contributed by atoms with Crippen molar-refractivity contribution in [1.82, 2.24) is 0 Å². The molecule has 0 amide bonds. The summed E-state index contributed by atoms with van der Waals surface area (Å²) >= 11 is 0. The van der Waals surface area contributed by atoms with Crippen LogP contribution in [0.25, 0.3) is 0 Å². The average molecular weight is 224 g/mol. The normalized spacial score (nSPS) is 12.5. The summed E-state index contributed by atoms with van der Waals surface area (Å²) in [6.07, 6.45) is 2.21. The number of hydrogen-bond acceptors (Lipinski definition) is 2. The first-order chi connectivity index (χ1) is 7.69. The largest absolute Gasteiger partial charge is 0.372 e. The summed E-state index contributed by atoms with van der Waals surface area (Å²) in [5.41, 5.74) is 6.35. The molecule has 1 unspecified atom stereocenters. The van der Waals surface area contributed by atoms with Crippen molar-refractivity contribution in [2.75, 3.05) is 25.0 Å². The summed E-state index contributed by atoms with van der Waals surface area (Å²) in [6.45, 7) is 3.61. The molecule has 0 aliphatic rings. The van der Waals surface area contributed by atoms with Gasteiger partial charge in [0.1, 0.15) is 5.82 Å². The van der Waals surface area contributed by atoms with Crippen molar-refractivity contribution in [3.63, 3.8) is 0 Å². The molecule has 2 N–H and O–H groups in total. The highest BCUT2D eigenvalue weighted by atomic mass is 19.1. The van der Waals surface area contributed by atoms with E-state index in [1.54, 1.807) is 12.1 Å². The fourth-order valence-electron chi connectivity index (χ4n) is 1.94. The highest BCUT2D eigenvalue weighted by Gasteiger charge is 2.12. The fourth-order valence-corrected chi connectivity index (χ4v) is 1.94. The zero-order chi connectivity index (χ0) is 12.0. The summed E-state index contributed by atoms with van der Waals surface area (Å²) in [6, 6.07) is 6.85. The van der Waals surface area contributed by atoms with Crippen LogP contribution in [0.15, 0.2) is 24.3 Å². The maximum Gasteiger partial charge on any atom is 0.146 e. The monoisotopic (exact) mass is 224 g/mol. The van der Waals surface area contributed by atoms with Crippen LogP contribution in [0.5, 0.6) is 0 Å². The lowest BCUT2D eigenvalue weighted by atomic mass is 10.0. The van der Waals surface area contributed by atoms with Crippen LogP contribution in [0.1, 0.15) is 19.8 Å². The van der Waals surface area contributed by atoms with Crippen molar-refractivity contribution >= 4 is 5.69 Å². The molecule has 1 atom stereocenters. The molecule has 3 heteroatoms. The molecule has 0 fully saturated rings. The second-order valence-electron chi connectivity index (χ2n) is 4.22. The second-order valence-corrected chi connectivity index (χ2v) is 4.22. The maximum absolute atomic E-state index is 13.5. The Hall–Kier alpha value is -1.09. The Kier molecular flexibility index (Phi) is 5.26. The van der Waals surface area contributed by atoms with Crippen molar-refractivity contribution < 1.29 is 4.39 Å². The Morgan fingerprint density at radius 2 is 2.06 bits per heavy atom. The predicted molar refractivity (Wildman–Crippen MR) is 67.1 cm³/mol. The number of nitrogens with zero attached hydrogens (tertiary/aromatic N) is 1. The van der Waals surface area contributed by atoms with Gasteiger partial charge in [0.15, 0.2) is 0 Å². The van der Waals surface area contributed by atoms with Crippen molar-refractivity contribution in [1.29, 1.82) is 0 Å². The third kappa shape index (κ3) is 3.49. The molecule has 0 heterocycles. The van der Waals surface area contributed by atoms with Gasteiger partial charge in [0.25, 0.3) is 0 Å². The first-order valence-corrected chi connectivity index (χ1v) is 5.84. The first kappa shape index (κ1) is 13.0. The van der Waals surface area contributed by atoms with E-state index in [-0.39, 0.29) is 5.82 Å². The first-order valence-electron chi connectivity index (χ1n) is 5.84. The molecule has 0 bridgehead atoms. The SMILES string of the molecule is CCCC(CN)CN(C)c1ccccc1F. The van der Waals surface area contributed by atoms with Gasteiger partial charge in [-0.3, -0.25) is 0 Å². The summed E-state index contributed by atoms with van der Waals surface area (Å²) in [5.74, 6) is 0.270. The maximum atomic E-state index is 13.5. The molecule has 1 aromatic carbocycles. The van der Waals surface area contributed by atoms with Gasteiger partial charge in [0.05, 0.1) is 5.69 Å². The summed E-state index contributed by atoms with van der Waals surface area (Å²) < 4.78 is 13.5. The highest BCUT2D eigenvalue weighted by Crippen LogP contribution is 2.19. The molecule has 90 valence electrons. The number of nitrogens with two attached hydrogens (primary N) is 1. The lowest BCUT2D eigenvalue weighted by Crippen LogP contribution is -2.30. The van der Waals surface area contributed by atoms with E-state index < -0.39 is 0 Å². The number of rotatable bonds is 6. The van der Waals surface area contributed by atoms with E-state index in [0.717, 1.165) is 19.4 Å². The van der Waals surface area contributed by atoms with Crippen molar-refractivity contribution in [2.24, 2.45) is 11.7 Å². The summed E-state index contributed by atoms with van der Waals surface area (Å²) in [5, 5.41) is 0. The van der Waals surface area contributed by atoms with E-state index in [1.807, 2.05) is 18.0 Å². The van der Waals surface area contributed by atoms with Gasteiger partial charge >= 0.3 is 0 Å². The minimum absolute atomic E-state index is 0.169. The van der Waals surface area contributed by atoms with E-state index in [1.165, 1.54) is 6.07 Å². The Morgan fingerprint density at radius 3 is 2.62 bits per heavy atom. The van der Waals surface area contributed by atoms with Gasteiger partial charge < -0.3 is 10.6 Å². The Bertz CT molecular complexity index is 315. The lowest BCUT2D eigenvalue weighted by molar-refractivity contribution is 0.487. The van der Waals surface area contributed by atoms with Crippen LogP contribution in [-0.4, -0.2) is 20.1 Å². The molecule has 0 spiro atoms. The summed E-state index contributed by atoms with van der Waals surface area (Å²) in [4.78, 5) is 1.95. The molecule has 2 nitrogen and oxygen atoms in total. The van der Waals surface area contributed by atoms with E-state index in [9.17, 15) is 4.39 Å². The number of para-hydroxylation sites is 1. The Morgan fingerprint density at radius 1 is 1.38 bits per heavy atom. The smallest absolute Gasteiger partial charge is 0.146 e. The number of halogens is 1. The third-order valence-electron chi connectivity index (χ3n) is 2.83. The Balaban J connectivity index is 2.64. The van der Waals surface area contributed by atoms with Gasteiger partial charge in [-0.25, -0.2) is 4.39 Å². The van der Waals surface area contributed by atoms with Gasteiger partial charge in [0.2, 0.25) is 0 Å². The molecule has 1 rings (SSSR count). The molecule has 0 radical (unpaired) electrons. The number of anilines is 1. The minimum Gasteiger partial charge on any atom is -0.372 e. The fraction of sp³-hybridized carbons (Fsp3) is 0.538. The van der Waals surface area contributed by atoms with Crippen LogP contribution >= 0.6 is 0 Å². The number of hydrogen-bond donors (Lipinski definition) is 1. The zero-order valence-electron chi connectivity index (χ0n) is 10.1. The zero-order valence-corrected chi connectivity index (χ0v) is 10.1. The van der Waals surface area contributed by atoms with Crippen LogP contribution in [0.3, 0.4) is 0 Å². The molecule has 1 aromatic rings. The minimum atomic E-state index is -0.169. The van der Waals surface area contributed by atoms with Crippen molar-refractivity contribution in [3.8, 4) is 0 Å². The second kappa shape index (κ2) is 6.48. The molecule has 0 aliphatic heterocycles. The average Bonchev–Trinajstić information content (AvgIpc) is 2.28. The van der Waals surface area contributed by atoms with Gasteiger partial charge in [-0.1, -0.05) is 25.5 Å². The summed E-state index contributed by atoms with van der Waals surface area (Å²) in [7, 11) is 1.91. The quantitative estimate of drug-likeness (QED) is 0.805. The third-order valence-corrected chi connectivity index (χ3v) is 2.83. The van der Waals surface area contributed by atoms with Crippen LogP contribution in [0.4, 0.5) is 10.1 Å². The van der Waals surface area contributed by atoms with E-state index in [0.29, 0.717) is 18.2 Å². The molecule has 0 saturated heterocycles. The van der Waals surface area contributed by atoms with Gasteiger partial charge in [-0.15, -0.1) is 0 Å². The molecule has 0 aromatic heterocycles. The Labute approximate surface area is 97.3 Å². The molecular weight excluding hydrogens is 203 g/mol. The van der Waals surface area contributed by atoms with E-state index in [2.05, 4.69) is 6.92 Å². The highest BCUT2D eigenvalue weighted by molar-refractivity contribution is 5.46. The van der Waals surface area contributed by atoms with Crippen molar-refractivity contribution in [2.45, 2.75) is 19.8 Å². The molecule has 16 heavy (non-hydrogen) atoms. The van der Waals surface area contributed by atoms with E-state index in [4.69, 9.17) is 5.73 Å². The van der Waals surface area contributed by atoms with Crippen LogP contribution < -0.4 is 10.6 Å². The van der Waals surface area contributed by atoms with Crippen LogP contribution in [0, 0.1) is 11.7 Å². The van der Waals surface area contributed by atoms with Crippen molar-refractivity contribution in [3.05, 3.63) is 30.1 Å². The lowest BCUT2D eigenvalue weighted by Gasteiger charge is -2.25. The van der Waals surface area contributed by atoms with Gasteiger partial charge in [0, 0.05) is 13.6 Å². The standard InChI is InChI=1S/C13H21FN2/c1-3-6-11(9-15)10-16(2)13-8-5-4-7-12(13)14/h4-5,7-8,11H,3,6,9-10,15H2,1-2H3. The molecule has 0 saturated carbocycles.